The van der Waals surface area contributed by atoms with Crippen LogP contribution < -0.4 is 0 Å². The molecule has 2 heteroatoms. The van der Waals surface area contributed by atoms with E-state index in [9.17, 15) is 4.79 Å². The fraction of sp³-hybridized carbons (Fsp3) is 0.214. The first kappa shape index (κ1) is 9.40. The molecule has 1 atom stereocenters. The van der Waals surface area contributed by atoms with E-state index in [0.29, 0.717) is 6.42 Å². The van der Waals surface area contributed by atoms with Crippen molar-refractivity contribution in [2.75, 3.05) is 0 Å². The van der Waals surface area contributed by atoms with E-state index >= 15 is 0 Å². The van der Waals surface area contributed by atoms with Gasteiger partial charge in [0.2, 0.25) is 0 Å². The summed E-state index contributed by atoms with van der Waals surface area (Å²) in [7, 11) is 0. The Morgan fingerprint density at radius 1 is 1.25 bits per heavy atom. The van der Waals surface area contributed by atoms with Gasteiger partial charge in [-0.1, -0.05) is 42.5 Å². The molecule has 80 valence electrons. The van der Waals surface area contributed by atoms with Gasteiger partial charge in [0.15, 0.2) is 0 Å². The van der Waals surface area contributed by atoms with Gasteiger partial charge in [0.05, 0.1) is 6.42 Å². The fourth-order valence-corrected chi connectivity index (χ4v) is 2.28. The zero-order valence-corrected chi connectivity index (χ0v) is 8.85. The Balaban J connectivity index is 2.14. The maximum absolute atomic E-state index is 11.3. The number of benzene rings is 1. The largest absolute Gasteiger partial charge is 0.457 e. The predicted octanol–water partition coefficient (Wildman–Crippen LogP) is 2.80. The molecule has 0 spiro atoms. The average Bonchev–Trinajstić information content (AvgIpc) is 2.47. The van der Waals surface area contributed by atoms with Crippen LogP contribution in [0.1, 0.15) is 24.0 Å². The highest BCUT2D eigenvalue weighted by Gasteiger charge is 2.26. The van der Waals surface area contributed by atoms with Gasteiger partial charge in [0, 0.05) is 6.42 Å². The van der Waals surface area contributed by atoms with E-state index in [2.05, 4.69) is 24.3 Å². The number of hydrogen-bond acceptors (Lipinski definition) is 2. The number of rotatable bonds is 0. The van der Waals surface area contributed by atoms with Crippen molar-refractivity contribution in [3.63, 3.8) is 0 Å². The molecule has 1 aliphatic heterocycles. The van der Waals surface area contributed by atoms with Gasteiger partial charge < -0.3 is 4.74 Å². The lowest BCUT2D eigenvalue weighted by Gasteiger charge is -2.23. The fourth-order valence-electron chi connectivity index (χ4n) is 2.28. The molecule has 1 aromatic carbocycles. The van der Waals surface area contributed by atoms with Crippen molar-refractivity contribution in [1.29, 1.82) is 0 Å². The minimum absolute atomic E-state index is 0.0962. The Bertz CT molecular complexity index is 497. The van der Waals surface area contributed by atoms with Crippen LogP contribution >= 0.6 is 0 Å². The Labute approximate surface area is 94.2 Å². The number of hydrogen-bond donors (Lipinski definition) is 0. The SMILES string of the molecule is O=C1CC=C2c3ccccc3C=CCC2O1. The van der Waals surface area contributed by atoms with Gasteiger partial charge in [0.25, 0.3) is 0 Å². The van der Waals surface area contributed by atoms with E-state index in [-0.39, 0.29) is 12.1 Å². The Hall–Kier alpha value is -1.83. The molecule has 0 bridgehead atoms. The first-order valence-electron chi connectivity index (χ1n) is 5.50. The Kier molecular flexibility index (Phi) is 2.13. The highest BCUT2D eigenvalue weighted by Crippen LogP contribution is 2.33. The first-order chi connectivity index (χ1) is 7.84. The van der Waals surface area contributed by atoms with Gasteiger partial charge in [-0.05, 0) is 16.7 Å². The lowest BCUT2D eigenvalue weighted by molar-refractivity contribution is -0.146. The smallest absolute Gasteiger partial charge is 0.310 e. The molecule has 1 heterocycles. The van der Waals surface area contributed by atoms with Crippen LogP contribution in [0.2, 0.25) is 0 Å². The lowest BCUT2D eigenvalue weighted by Crippen LogP contribution is -2.22. The monoisotopic (exact) mass is 212 g/mol. The zero-order chi connectivity index (χ0) is 11.0. The molecule has 1 unspecified atom stereocenters. The van der Waals surface area contributed by atoms with Crippen LogP contribution in [0.4, 0.5) is 0 Å². The summed E-state index contributed by atoms with van der Waals surface area (Å²) in [5, 5.41) is 0. The second-order valence-corrected chi connectivity index (χ2v) is 4.07. The van der Waals surface area contributed by atoms with Gasteiger partial charge in [-0.3, -0.25) is 4.79 Å². The molecule has 0 aromatic heterocycles. The number of carbonyl (C=O) groups is 1. The summed E-state index contributed by atoms with van der Waals surface area (Å²) in [4.78, 5) is 11.3. The highest BCUT2D eigenvalue weighted by atomic mass is 16.5. The van der Waals surface area contributed by atoms with Crippen molar-refractivity contribution in [1.82, 2.24) is 0 Å². The molecule has 1 aliphatic carbocycles. The number of esters is 1. The van der Waals surface area contributed by atoms with Crippen LogP contribution in [0.3, 0.4) is 0 Å². The van der Waals surface area contributed by atoms with Crippen LogP contribution in [0.25, 0.3) is 11.6 Å². The molecule has 0 radical (unpaired) electrons. The molecule has 3 rings (SSSR count). The minimum Gasteiger partial charge on any atom is -0.457 e. The average molecular weight is 212 g/mol. The topological polar surface area (TPSA) is 26.3 Å². The third-order valence-electron chi connectivity index (χ3n) is 3.03. The minimum atomic E-state index is -0.124. The van der Waals surface area contributed by atoms with Gasteiger partial charge >= 0.3 is 5.97 Å². The van der Waals surface area contributed by atoms with Gasteiger partial charge in [-0.2, -0.15) is 0 Å². The van der Waals surface area contributed by atoms with Crippen molar-refractivity contribution < 1.29 is 9.53 Å². The van der Waals surface area contributed by atoms with Crippen molar-refractivity contribution in [2.45, 2.75) is 18.9 Å². The Morgan fingerprint density at radius 3 is 3.06 bits per heavy atom. The Morgan fingerprint density at radius 2 is 2.12 bits per heavy atom. The van der Waals surface area contributed by atoms with Crippen LogP contribution in [0.5, 0.6) is 0 Å². The number of carbonyl (C=O) groups excluding carboxylic acids is 1. The van der Waals surface area contributed by atoms with Gasteiger partial charge in [-0.15, -0.1) is 0 Å². The molecular weight excluding hydrogens is 200 g/mol. The molecular formula is C14H12O2. The summed E-state index contributed by atoms with van der Waals surface area (Å²) in [6, 6.07) is 8.22. The molecule has 1 aromatic rings. The van der Waals surface area contributed by atoms with E-state index in [4.69, 9.17) is 4.74 Å². The summed E-state index contributed by atoms with van der Waals surface area (Å²) in [5.74, 6) is -0.124. The molecule has 0 saturated heterocycles. The summed E-state index contributed by atoms with van der Waals surface area (Å²) in [5.41, 5.74) is 3.54. The first-order valence-corrected chi connectivity index (χ1v) is 5.50. The summed E-state index contributed by atoms with van der Waals surface area (Å²) in [6.45, 7) is 0. The molecule has 2 nitrogen and oxygen atoms in total. The van der Waals surface area contributed by atoms with Crippen molar-refractivity contribution in [2.24, 2.45) is 0 Å². The van der Waals surface area contributed by atoms with Gasteiger partial charge in [0.1, 0.15) is 6.10 Å². The van der Waals surface area contributed by atoms with Crippen molar-refractivity contribution in [3.8, 4) is 0 Å². The predicted molar refractivity (Wildman–Crippen MR) is 62.6 cm³/mol. The molecule has 16 heavy (non-hydrogen) atoms. The number of ether oxygens (including phenoxy) is 1. The zero-order valence-electron chi connectivity index (χ0n) is 8.85. The van der Waals surface area contributed by atoms with E-state index in [1.165, 1.54) is 11.1 Å². The lowest BCUT2D eigenvalue weighted by atomic mass is 9.94. The van der Waals surface area contributed by atoms with Crippen LogP contribution in [0.15, 0.2) is 36.4 Å². The normalized spacial score (nSPS) is 22.6. The van der Waals surface area contributed by atoms with Gasteiger partial charge in [-0.25, -0.2) is 0 Å². The van der Waals surface area contributed by atoms with Crippen LogP contribution in [-0.2, 0) is 9.53 Å². The number of fused-ring (bicyclic) bond motifs is 3. The second-order valence-electron chi connectivity index (χ2n) is 4.07. The maximum Gasteiger partial charge on any atom is 0.310 e. The highest BCUT2D eigenvalue weighted by molar-refractivity contribution is 5.85. The van der Waals surface area contributed by atoms with Crippen LogP contribution in [0, 0.1) is 0 Å². The third kappa shape index (κ3) is 1.47. The summed E-state index contributed by atoms with van der Waals surface area (Å²) >= 11 is 0. The maximum atomic E-state index is 11.3. The standard InChI is InChI=1S/C14H12O2/c15-14-9-8-12-11-6-2-1-4-10(11)5-3-7-13(12)16-14/h1-6,8,13H,7,9H2. The van der Waals surface area contributed by atoms with Crippen LogP contribution in [-0.4, -0.2) is 12.1 Å². The van der Waals surface area contributed by atoms with Crippen molar-refractivity contribution in [3.05, 3.63) is 47.5 Å². The van der Waals surface area contributed by atoms with E-state index in [0.717, 1.165) is 12.0 Å². The molecule has 0 fully saturated rings. The molecule has 0 amide bonds. The van der Waals surface area contributed by atoms with Crippen molar-refractivity contribution >= 4 is 17.6 Å². The quantitative estimate of drug-likeness (QED) is 0.618. The molecule has 0 saturated carbocycles. The third-order valence-corrected chi connectivity index (χ3v) is 3.03. The molecule has 2 aliphatic rings. The summed E-state index contributed by atoms with van der Waals surface area (Å²) < 4.78 is 5.37. The summed E-state index contributed by atoms with van der Waals surface area (Å²) in [6.07, 6.45) is 7.24. The second kappa shape index (κ2) is 3.63. The van der Waals surface area contributed by atoms with E-state index < -0.39 is 0 Å². The van der Waals surface area contributed by atoms with E-state index in [1.807, 2.05) is 18.2 Å². The van der Waals surface area contributed by atoms with E-state index in [1.54, 1.807) is 0 Å². The molecule has 0 N–H and O–H groups in total.